The highest BCUT2D eigenvalue weighted by molar-refractivity contribution is 7.26. The van der Waals surface area contributed by atoms with Gasteiger partial charge in [0.15, 0.2) is 16.6 Å². The highest BCUT2D eigenvalue weighted by Crippen LogP contribution is 2.42. The summed E-state index contributed by atoms with van der Waals surface area (Å²) in [6.07, 6.45) is 8.50. The first-order valence-electron chi connectivity index (χ1n) is 17.4. The summed E-state index contributed by atoms with van der Waals surface area (Å²) >= 11 is 4.69. The van der Waals surface area contributed by atoms with E-state index < -0.39 is 16.6 Å². The van der Waals surface area contributed by atoms with Crippen molar-refractivity contribution in [3.05, 3.63) is 54.7 Å². The normalized spacial score (nSPS) is 13.4. The van der Waals surface area contributed by atoms with E-state index in [1.165, 1.54) is 21.1 Å². The second kappa shape index (κ2) is 12.5. The van der Waals surface area contributed by atoms with Crippen LogP contribution in [0.25, 0.3) is 62.9 Å². The summed E-state index contributed by atoms with van der Waals surface area (Å²) in [4.78, 5) is 42.7. The zero-order valence-corrected chi connectivity index (χ0v) is 33.5. The first-order chi connectivity index (χ1) is 23.4. The summed E-state index contributed by atoms with van der Waals surface area (Å²) in [5.74, 6) is 0. The fraction of sp³-hybridized carbons (Fsp3) is 0.444. The molecular formula is C36H42N4O4S3Si2. The second-order valence-electron chi connectivity index (χ2n) is 15.2. The zero-order chi connectivity index (χ0) is 34.2. The maximum atomic E-state index is 14.2. The predicted molar refractivity (Wildman–Crippen MR) is 214 cm³/mol. The number of imidazole rings is 2. The number of unbranched alkanes of at least 4 members (excludes halogenated alkanes) is 4. The molecule has 8 nitrogen and oxygen atoms in total. The molecule has 0 N–H and O–H groups in total. The fourth-order valence-corrected chi connectivity index (χ4v) is 11.7. The number of hydrogen-bond donors (Lipinski definition) is 0. The highest BCUT2D eigenvalue weighted by atomic mass is 32.1. The Balaban J connectivity index is 1.11. The predicted octanol–water partition coefficient (Wildman–Crippen LogP) is 9.66. The lowest BCUT2D eigenvalue weighted by molar-refractivity contribution is 0.299. The molecule has 0 aliphatic rings. The number of nitrogens with zero attached hydrogens (tertiary/aromatic N) is 4. The number of hydrogen-bond acceptors (Lipinski definition) is 9. The van der Waals surface area contributed by atoms with E-state index in [-0.39, 0.29) is 11.1 Å². The molecule has 0 bridgehead atoms. The zero-order valence-electron chi connectivity index (χ0n) is 29.0. The summed E-state index contributed by atoms with van der Waals surface area (Å²) in [6.45, 7) is 15.0. The van der Waals surface area contributed by atoms with Crippen LogP contribution in [0.5, 0.6) is 0 Å². The molecule has 0 saturated carbocycles. The number of thiophene rings is 3. The van der Waals surface area contributed by atoms with Gasteiger partial charge in [-0.05, 0) is 102 Å². The molecule has 0 aliphatic carbocycles. The minimum absolute atomic E-state index is 0.0956. The third kappa shape index (κ3) is 6.04. The monoisotopic (exact) mass is 746 g/mol. The van der Waals surface area contributed by atoms with Crippen LogP contribution in [0.1, 0.15) is 48.3 Å². The van der Waals surface area contributed by atoms with Crippen LogP contribution in [-0.2, 0) is 21.7 Å². The van der Waals surface area contributed by atoms with Gasteiger partial charge in [0.2, 0.25) is 0 Å². The van der Waals surface area contributed by atoms with Crippen LogP contribution < -0.4 is 11.1 Å². The van der Waals surface area contributed by atoms with Crippen molar-refractivity contribution in [1.29, 1.82) is 0 Å². The van der Waals surface area contributed by atoms with Crippen molar-refractivity contribution in [2.75, 3.05) is 13.2 Å². The largest absolute Gasteiger partial charge is 0.418 e. The molecule has 1 aromatic carbocycles. The van der Waals surface area contributed by atoms with Crippen molar-refractivity contribution in [2.45, 2.75) is 90.6 Å². The van der Waals surface area contributed by atoms with Crippen molar-refractivity contribution < 1.29 is 8.85 Å². The Hall–Kier alpha value is -2.79. The Morgan fingerprint density at radius 1 is 0.612 bits per heavy atom. The number of aromatic nitrogens is 4. The van der Waals surface area contributed by atoms with E-state index in [9.17, 15) is 9.59 Å². The maximum Gasteiger partial charge on any atom is 0.274 e. The molecule has 7 heterocycles. The molecule has 0 atom stereocenters. The lowest BCUT2D eigenvalue weighted by Gasteiger charge is -2.16. The van der Waals surface area contributed by atoms with Crippen LogP contribution in [-0.4, -0.2) is 48.6 Å². The van der Waals surface area contributed by atoms with E-state index in [1.807, 2.05) is 0 Å². The number of pyridine rings is 2. The summed E-state index contributed by atoms with van der Waals surface area (Å²) in [7, 11) is -2.92. The minimum atomic E-state index is -1.46. The van der Waals surface area contributed by atoms with Crippen LogP contribution in [0.4, 0.5) is 0 Å². The smallest absolute Gasteiger partial charge is 0.274 e. The molecule has 49 heavy (non-hydrogen) atoms. The van der Waals surface area contributed by atoms with Crippen molar-refractivity contribution in [2.24, 2.45) is 0 Å². The molecule has 8 rings (SSSR count). The molecule has 8 aromatic rings. The molecule has 0 unspecified atom stereocenters. The van der Waals surface area contributed by atoms with E-state index in [2.05, 4.69) is 63.5 Å². The average molecular weight is 747 g/mol. The Kier molecular flexibility index (Phi) is 8.49. The summed E-state index contributed by atoms with van der Waals surface area (Å²) < 4.78 is 16.8. The molecule has 0 fully saturated rings. The minimum Gasteiger partial charge on any atom is -0.418 e. The second-order valence-corrected chi connectivity index (χ2v) is 27.4. The van der Waals surface area contributed by atoms with Gasteiger partial charge in [-0.2, -0.15) is 0 Å². The van der Waals surface area contributed by atoms with Crippen LogP contribution in [0, 0.1) is 0 Å². The van der Waals surface area contributed by atoms with Gasteiger partial charge in [-0.3, -0.25) is 18.4 Å². The molecule has 0 amide bonds. The molecule has 7 aromatic heterocycles. The van der Waals surface area contributed by atoms with Crippen LogP contribution in [0.2, 0.25) is 39.3 Å². The van der Waals surface area contributed by atoms with Gasteiger partial charge in [-0.15, -0.1) is 34.0 Å². The van der Waals surface area contributed by atoms with Gasteiger partial charge in [0.25, 0.3) is 11.1 Å². The number of rotatable bonds is 14. The van der Waals surface area contributed by atoms with Gasteiger partial charge in [-0.1, -0.05) is 12.8 Å². The number of fused-ring (bicyclic) bond motifs is 8. The summed E-state index contributed by atoms with van der Waals surface area (Å²) in [6, 6.07) is 8.41. The Morgan fingerprint density at radius 2 is 1.04 bits per heavy atom. The number of aryl methyl sites for hydroxylation is 2. The molecular weight excluding hydrogens is 705 g/mol. The lowest BCUT2D eigenvalue weighted by Crippen LogP contribution is -2.25. The Bertz CT molecular complexity index is 2430. The molecule has 256 valence electrons. The first-order valence-corrected chi connectivity index (χ1v) is 26.6. The summed E-state index contributed by atoms with van der Waals surface area (Å²) in [5.41, 5.74) is 2.88. The van der Waals surface area contributed by atoms with Gasteiger partial charge < -0.3 is 8.85 Å². The third-order valence-electron chi connectivity index (χ3n) is 9.15. The number of benzene rings is 1. The van der Waals surface area contributed by atoms with Crippen molar-refractivity contribution >= 4 is 114 Å². The van der Waals surface area contributed by atoms with Crippen LogP contribution in [0.15, 0.2) is 33.9 Å². The van der Waals surface area contributed by atoms with E-state index in [4.69, 9.17) is 18.8 Å². The topological polar surface area (TPSA) is 87.2 Å². The van der Waals surface area contributed by atoms with Crippen LogP contribution >= 0.6 is 34.0 Å². The van der Waals surface area contributed by atoms with E-state index >= 15 is 0 Å². The van der Waals surface area contributed by atoms with E-state index in [0.717, 1.165) is 107 Å². The SMILES string of the molecule is C[Si](C)(C)OCCCCCc1cc2c(nc3c4ccc5c6c(sc(c(=O)n23)c46)c(=O)n2c3cc(CCCCCO[Si](C)(C)C)sc3nc52)s1. The maximum absolute atomic E-state index is 14.2. The van der Waals surface area contributed by atoms with Crippen molar-refractivity contribution in [3.63, 3.8) is 0 Å². The Labute approximate surface area is 298 Å². The summed E-state index contributed by atoms with van der Waals surface area (Å²) in [5, 5.41) is 3.52. The fourth-order valence-electron chi connectivity index (χ4n) is 6.93. The molecule has 0 radical (unpaired) electrons. The Morgan fingerprint density at radius 3 is 1.45 bits per heavy atom. The first kappa shape index (κ1) is 33.4. The molecule has 13 heteroatoms. The standard InChI is InChI=1S/C36H42N4O4S3Si2/c1-48(2,3)43-17-11-7-9-13-21-19-25-33(45-21)37-31-23-15-16-24-28-27(23)29(35(41)39(25)31)47-30(28)36(42)40-26-20-22(46-34(26)38-32(24)40)14-10-8-12-18-44-49(4,5)6/h15-16,19-20H,7-14,17-18H2,1-6H3. The van der Waals surface area contributed by atoms with Crippen LogP contribution in [0.3, 0.4) is 0 Å². The highest BCUT2D eigenvalue weighted by Gasteiger charge is 2.26. The van der Waals surface area contributed by atoms with Gasteiger partial charge in [0.05, 0.1) is 11.0 Å². The van der Waals surface area contributed by atoms with Gasteiger partial charge in [-0.25, -0.2) is 9.97 Å². The van der Waals surface area contributed by atoms with E-state index in [1.54, 1.807) is 31.5 Å². The molecule has 0 spiro atoms. The van der Waals surface area contributed by atoms with Crippen molar-refractivity contribution in [3.8, 4) is 0 Å². The van der Waals surface area contributed by atoms with E-state index in [0.29, 0.717) is 20.7 Å². The average Bonchev–Trinajstić information content (AvgIpc) is 3.83. The van der Waals surface area contributed by atoms with Crippen molar-refractivity contribution in [1.82, 2.24) is 18.8 Å². The molecule has 0 aliphatic heterocycles. The molecule has 0 saturated heterocycles. The van der Waals surface area contributed by atoms with Gasteiger partial charge in [0.1, 0.15) is 30.4 Å². The van der Waals surface area contributed by atoms with Gasteiger partial charge >= 0.3 is 0 Å². The third-order valence-corrected chi connectivity index (χ3v) is 14.6. The lowest BCUT2D eigenvalue weighted by atomic mass is 10.0. The quantitative estimate of drug-likeness (QED) is 0.0626. The van der Waals surface area contributed by atoms with Gasteiger partial charge in [0, 0.05) is 44.5 Å².